The van der Waals surface area contributed by atoms with E-state index in [0.29, 0.717) is 23.1 Å². The average molecular weight is 345 g/mol. The Morgan fingerprint density at radius 1 is 1.21 bits per heavy atom. The standard InChI is InChI=1S/C18H17ClN2O3/c1-2-10-23-17-9-4-3-6-14(17)12-20-21-18(22)13-24-16-8-5-7-15(19)11-16/h2-9,11-12H,1,10,13H2,(H,21,22)/b20-12+. The minimum atomic E-state index is -0.379. The molecule has 2 aromatic carbocycles. The van der Waals surface area contributed by atoms with Crippen LogP contribution in [0, 0.1) is 0 Å². The maximum atomic E-state index is 11.7. The highest BCUT2D eigenvalue weighted by atomic mass is 35.5. The van der Waals surface area contributed by atoms with Gasteiger partial charge in [-0.05, 0) is 30.3 Å². The number of hydrogen-bond acceptors (Lipinski definition) is 4. The van der Waals surface area contributed by atoms with Crippen LogP contribution in [0.5, 0.6) is 11.5 Å². The number of amides is 1. The zero-order valence-electron chi connectivity index (χ0n) is 12.9. The first-order chi connectivity index (χ1) is 11.7. The number of hydrogen-bond donors (Lipinski definition) is 1. The van der Waals surface area contributed by atoms with E-state index >= 15 is 0 Å². The molecule has 0 heterocycles. The van der Waals surface area contributed by atoms with Crippen LogP contribution in [0.2, 0.25) is 5.02 Å². The van der Waals surface area contributed by atoms with E-state index in [0.717, 1.165) is 5.56 Å². The first-order valence-electron chi connectivity index (χ1n) is 7.22. The third kappa shape index (κ3) is 5.78. The number of nitrogens with zero attached hydrogens (tertiary/aromatic N) is 1. The number of carbonyl (C=O) groups is 1. The maximum absolute atomic E-state index is 11.7. The largest absolute Gasteiger partial charge is 0.489 e. The molecule has 0 spiro atoms. The molecule has 0 saturated heterocycles. The maximum Gasteiger partial charge on any atom is 0.277 e. The highest BCUT2D eigenvalue weighted by Gasteiger charge is 2.03. The summed E-state index contributed by atoms with van der Waals surface area (Å²) in [5.74, 6) is 0.797. The van der Waals surface area contributed by atoms with Crippen LogP contribution in [0.4, 0.5) is 0 Å². The monoisotopic (exact) mass is 344 g/mol. The molecule has 0 aliphatic rings. The molecule has 0 aliphatic carbocycles. The normalized spacial score (nSPS) is 10.4. The van der Waals surface area contributed by atoms with Crippen molar-refractivity contribution in [2.24, 2.45) is 5.10 Å². The van der Waals surface area contributed by atoms with Gasteiger partial charge in [0.15, 0.2) is 6.61 Å². The number of benzene rings is 2. The van der Waals surface area contributed by atoms with Gasteiger partial charge in [-0.1, -0.05) is 42.5 Å². The summed E-state index contributed by atoms with van der Waals surface area (Å²) in [6.07, 6.45) is 3.17. The predicted octanol–water partition coefficient (Wildman–Crippen LogP) is 3.43. The van der Waals surface area contributed by atoms with Gasteiger partial charge in [0.25, 0.3) is 5.91 Å². The summed E-state index contributed by atoms with van der Waals surface area (Å²) in [5, 5.41) is 4.45. The molecule has 0 unspecified atom stereocenters. The molecule has 0 atom stereocenters. The fourth-order valence-corrected chi connectivity index (χ4v) is 1.96. The Balaban J connectivity index is 1.85. The van der Waals surface area contributed by atoms with Crippen molar-refractivity contribution in [3.63, 3.8) is 0 Å². The lowest BCUT2D eigenvalue weighted by atomic mass is 10.2. The molecule has 124 valence electrons. The van der Waals surface area contributed by atoms with Gasteiger partial charge in [-0.15, -0.1) is 0 Å². The van der Waals surface area contributed by atoms with Gasteiger partial charge in [-0.2, -0.15) is 5.10 Å². The van der Waals surface area contributed by atoms with Crippen LogP contribution in [-0.4, -0.2) is 25.3 Å². The van der Waals surface area contributed by atoms with Crippen molar-refractivity contribution in [2.75, 3.05) is 13.2 Å². The van der Waals surface area contributed by atoms with E-state index in [1.807, 2.05) is 24.3 Å². The van der Waals surface area contributed by atoms with Crippen LogP contribution in [0.1, 0.15) is 5.56 Å². The number of ether oxygens (including phenoxy) is 2. The Morgan fingerprint density at radius 3 is 2.83 bits per heavy atom. The van der Waals surface area contributed by atoms with E-state index < -0.39 is 0 Å². The third-order valence-corrected chi connectivity index (χ3v) is 3.07. The summed E-state index contributed by atoms with van der Waals surface area (Å²) in [7, 11) is 0. The van der Waals surface area contributed by atoms with Gasteiger partial charge in [-0.3, -0.25) is 4.79 Å². The summed E-state index contributed by atoms with van der Waals surface area (Å²) >= 11 is 5.84. The summed E-state index contributed by atoms with van der Waals surface area (Å²) in [6, 6.07) is 14.2. The molecule has 2 aromatic rings. The molecule has 1 N–H and O–H groups in total. The van der Waals surface area contributed by atoms with Gasteiger partial charge >= 0.3 is 0 Å². The zero-order chi connectivity index (χ0) is 17.2. The van der Waals surface area contributed by atoms with Gasteiger partial charge < -0.3 is 9.47 Å². The summed E-state index contributed by atoms with van der Waals surface area (Å²) < 4.78 is 10.8. The second-order valence-corrected chi connectivity index (χ2v) is 5.11. The van der Waals surface area contributed by atoms with Crippen molar-refractivity contribution in [3.05, 3.63) is 71.8 Å². The molecule has 0 aliphatic heterocycles. The fourth-order valence-electron chi connectivity index (χ4n) is 1.78. The Hall–Kier alpha value is -2.79. The van der Waals surface area contributed by atoms with E-state index in [1.54, 1.807) is 30.3 Å². The van der Waals surface area contributed by atoms with E-state index in [1.165, 1.54) is 6.21 Å². The Kier molecular flexibility index (Phi) is 6.86. The molecule has 0 radical (unpaired) electrons. The van der Waals surface area contributed by atoms with Crippen molar-refractivity contribution >= 4 is 23.7 Å². The zero-order valence-corrected chi connectivity index (χ0v) is 13.7. The average Bonchev–Trinajstić information content (AvgIpc) is 2.59. The highest BCUT2D eigenvalue weighted by molar-refractivity contribution is 6.30. The smallest absolute Gasteiger partial charge is 0.277 e. The van der Waals surface area contributed by atoms with Crippen molar-refractivity contribution in [2.45, 2.75) is 0 Å². The van der Waals surface area contributed by atoms with Gasteiger partial charge in [0.05, 0.1) is 6.21 Å². The Labute approximate surface area is 145 Å². The van der Waals surface area contributed by atoms with Crippen LogP contribution in [-0.2, 0) is 4.79 Å². The van der Waals surface area contributed by atoms with E-state index in [2.05, 4.69) is 17.1 Å². The number of carbonyl (C=O) groups excluding carboxylic acids is 1. The molecule has 2 rings (SSSR count). The van der Waals surface area contributed by atoms with Crippen LogP contribution in [0.3, 0.4) is 0 Å². The number of nitrogens with one attached hydrogen (secondary N) is 1. The van der Waals surface area contributed by atoms with Gasteiger partial charge in [0.1, 0.15) is 18.1 Å². The second-order valence-electron chi connectivity index (χ2n) is 4.68. The van der Waals surface area contributed by atoms with Crippen LogP contribution >= 0.6 is 11.6 Å². The second kappa shape index (κ2) is 9.37. The van der Waals surface area contributed by atoms with Crippen LogP contribution in [0.15, 0.2) is 66.3 Å². The van der Waals surface area contributed by atoms with Crippen molar-refractivity contribution in [1.82, 2.24) is 5.43 Å². The topological polar surface area (TPSA) is 59.9 Å². The highest BCUT2D eigenvalue weighted by Crippen LogP contribution is 2.17. The first kappa shape index (κ1) is 17.6. The lowest BCUT2D eigenvalue weighted by Crippen LogP contribution is -2.24. The Morgan fingerprint density at radius 2 is 2.04 bits per heavy atom. The summed E-state index contributed by atoms with van der Waals surface area (Å²) in [6.45, 7) is 3.84. The van der Waals surface area contributed by atoms with Crippen molar-refractivity contribution in [1.29, 1.82) is 0 Å². The number of rotatable bonds is 8. The molecular formula is C18H17ClN2O3. The molecule has 5 nitrogen and oxygen atoms in total. The summed E-state index contributed by atoms with van der Waals surface area (Å²) in [4.78, 5) is 11.7. The molecule has 6 heteroatoms. The predicted molar refractivity (Wildman–Crippen MR) is 94.8 cm³/mol. The molecular weight excluding hydrogens is 328 g/mol. The molecule has 0 bridgehead atoms. The van der Waals surface area contributed by atoms with Crippen LogP contribution < -0.4 is 14.9 Å². The molecule has 0 fully saturated rings. The number of halogens is 1. The van der Waals surface area contributed by atoms with Crippen molar-refractivity contribution < 1.29 is 14.3 Å². The first-order valence-corrected chi connectivity index (χ1v) is 7.60. The molecule has 24 heavy (non-hydrogen) atoms. The van der Waals surface area contributed by atoms with Gasteiger partial charge in [0.2, 0.25) is 0 Å². The lowest BCUT2D eigenvalue weighted by Gasteiger charge is -2.07. The Bertz CT molecular complexity index is 732. The van der Waals surface area contributed by atoms with Crippen molar-refractivity contribution in [3.8, 4) is 11.5 Å². The minimum absolute atomic E-state index is 0.160. The van der Waals surface area contributed by atoms with E-state index in [-0.39, 0.29) is 12.5 Å². The lowest BCUT2D eigenvalue weighted by molar-refractivity contribution is -0.123. The number of para-hydroxylation sites is 1. The quantitative estimate of drug-likeness (QED) is 0.453. The van der Waals surface area contributed by atoms with Gasteiger partial charge in [-0.25, -0.2) is 5.43 Å². The summed E-state index contributed by atoms with van der Waals surface area (Å²) in [5.41, 5.74) is 3.14. The third-order valence-electron chi connectivity index (χ3n) is 2.83. The molecule has 0 saturated carbocycles. The minimum Gasteiger partial charge on any atom is -0.489 e. The molecule has 0 aromatic heterocycles. The van der Waals surface area contributed by atoms with Crippen LogP contribution in [0.25, 0.3) is 0 Å². The van der Waals surface area contributed by atoms with E-state index in [9.17, 15) is 4.79 Å². The number of hydrazone groups is 1. The van der Waals surface area contributed by atoms with Gasteiger partial charge in [0, 0.05) is 10.6 Å². The SMILES string of the molecule is C=CCOc1ccccc1/C=N/NC(=O)COc1cccc(Cl)c1. The van der Waals surface area contributed by atoms with E-state index in [4.69, 9.17) is 21.1 Å². The molecule has 1 amide bonds. The fraction of sp³-hybridized carbons (Fsp3) is 0.111.